The summed E-state index contributed by atoms with van der Waals surface area (Å²) in [7, 11) is -4.77. The molecule has 0 aromatic rings. The van der Waals surface area contributed by atoms with Gasteiger partial charge in [0, 0.05) is 31.1 Å². The molecule has 2 fully saturated rings. The molecule has 0 spiro atoms. The molecular weight excluding hydrogens is 773 g/mol. The predicted octanol–water partition coefficient (Wildman–Crippen LogP) is 8.91. The third-order valence-corrected chi connectivity index (χ3v) is 11.6. The number of hydrogen-bond acceptors (Lipinski definition) is 13. The Kier molecular flexibility index (Phi) is 28.3. The van der Waals surface area contributed by atoms with Crippen LogP contribution in [-0.4, -0.2) is 83.4 Å². The summed E-state index contributed by atoms with van der Waals surface area (Å²) in [5.74, 6) is -2.20. The van der Waals surface area contributed by atoms with Crippen molar-refractivity contribution in [2.24, 2.45) is 17.6 Å². The third kappa shape index (κ3) is 23.6. The lowest BCUT2D eigenvalue weighted by Crippen LogP contribution is -2.34. The molecule has 8 atom stereocenters. The Bertz CT molecular complexity index is 1230. The predicted molar refractivity (Wildman–Crippen MR) is 218 cm³/mol. The van der Waals surface area contributed by atoms with Crippen LogP contribution >= 0.6 is 7.82 Å². The SMILES string of the molecule is CCCCCCCCCCCCCCCC(=O)OCC(COP(=O)(O)OCC(N)C(=O)O)OC(=O)CCC/C=C\CC1C2CC(OO2)C1/C=C/C(CCCCC)OO. The molecule has 0 amide bonds. The Morgan fingerprint density at radius 3 is 2.00 bits per heavy atom. The molecule has 336 valence electrons. The van der Waals surface area contributed by atoms with E-state index in [1.165, 1.54) is 57.8 Å². The number of ether oxygens (including phenoxy) is 2. The number of carbonyl (C=O) groups excluding carboxylic acids is 2. The average Bonchev–Trinajstić information content (AvgIpc) is 3.81. The van der Waals surface area contributed by atoms with Crippen LogP contribution in [0.25, 0.3) is 0 Å². The van der Waals surface area contributed by atoms with Gasteiger partial charge in [0.25, 0.3) is 0 Å². The molecule has 5 N–H and O–H groups in total. The van der Waals surface area contributed by atoms with Crippen molar-refractivity contribution in [3.63, 3.8) is 0 Å². The molecule has 15 nitrogen and oxygen atoms in total. The summed E-state index contributed by atoms with van der Waals surface area (Å²) >= 11 is 0. The van der Waals surface area contributed by atoms with Crippen LogP contribution in [-0.2, 0) is 52.1 Å². The minimum atomic E-state index is -4.77. The highest BCUT2D eigenvalue weighted by Gasteiger charge is 2.49. The van der Waals surface area contributed by atoms with E-state index in [-0.39, 0.29) is 43.0 Å². The summed E-state index contributed by atoms with van der Waals surface area (Å²) in [6.07, 6.45) is 28.4. The zero-order valence-electron chi connectivity index (χ0n) is 35.1. The Morgan fingerprint density at radius 1 is 0.776 bits per heavy atom. The van der Waals surface area contributed by atoms with Crippen molar-refractivity contribution in [3.05, 3.63) is 24.3 Å². The lowest BCUT2D eigenvalue weighted by molar-refractivity contribution is -0.336. The van der Waals surface area contributed by atoms with Gasteiger partial charge in [0.1, 0.15) is 24.9 Å². The molecule has 2 aliphatic rings. The van der Waals surface area contributed by atoms with Gasteiger partial charge in [0.15, 0.2) is 6.10 Å². The summed E-state index contributed by atoms with van der Waals surface area (Å²) in [5, 5.41) is 18.2. The van der Waals surface area contributed by atoms with E-state index in [4.69, 9.17) is 34.6 Å². The summed E-state index contributed by atoms with van der Waals surface area (Å²) in [5.41, 5.74) is 5.34. The smallest absolute Gasteiger partial charge is 0.472 e. The quantitative estimate of drug-likeness (QED) is 0.0115. The summed E-state index contributed by atoms with van der Waals surface area (Å²) in [6.45, 7) is 2.54. The molecule has 0 aromatic heterocycles. The second-order valence-corrected chi connectivity index (χ2v) is 17.1. The number of phosphoric ester groups is 1. The first-order chi connectivity index (χ1) is 28.0. The summed E-state index contributed by atoms with van der Waals surface area (Å²) < 4.78 is 32.8. The van der Waals surface area contributed by atoms with Crippen LogP contribution in [0.2, 0.25) is 0 Å². The molecule has 1 heterocycles. The molecule has 1 aliphatic heterocycles. The van der Waals surface area contributed by atoms with Gasteiger partial charge >= 0.3 is 25.7 Å². The molecule has 1 saturated heterocycles. The van der Waals surface area contributed by atoms with Gasteiger partial charge in [0.2, 0.25) is 0 Å². The highest BCUT2D eigenvalue weighted by atomic mass is 31.2. The van der Waals surface area contributed by atoms with Crippen molar-refractivity contribution >= 4 is 25.7 Å². The molecule has 58 heavy (non-hydrogen) atoms. The molecule has 1 saturated carbocycles. The largest absolute Gasteiger partial charge is 0.480 e. The Labute approximate surface area is 346 Å². The maximum atomic E-state index is 12.8. The van der Waals surface area contributed by atoms with Crippen molar-refractivity contribution in [1.29, 1.82) is 0 Å². The van der Waals surface area contributed by atoms with Gasteiger partial charge in [-0.2, -0.15) is 0 Å². The maximum absolute atomic E-state index is 12.8. The van der Waals surface area contributed by atoms with Crippen molar-refractivity contribution in [2.45, 2.75) is 192 Å². The molecule has 8 unspecified atom stereocenters. The Morgan fingerprint density at radius 2 is 1.36 bits per heavy atom. The topological polar surface area (TPSA) is 220 Å². The number of carboxylic acids is 1. The zero-order valence-corrected chi connectivity index (χ0v) is 36.0. The van der Waals surface area contributed by atoms with E-state index in [1.807, 2.05) is 12.2 Å². The highest BCUT2D eigenvalue weighted by molar-refractivity contribution is 7.47. The normalized spacial score (nSPS) is 21.7. The van der Waals surface area contributed by atoms with Gasteiger partial charge in [-0.15, -0.1) is 0 Å². The monoisotopic (exact) mass is 847 g/mol. The van der Waals surface area contributed by atoms with Crippen LogP contribution in [0.1, 0.15) is 162 Å². The van der Waals surface area contributed by atoms with Gasteiger partial charge in [-0.1, -0.05) is 134 Å². The minimum absolute atomic E-state index is 0.0241. The van der Waals surface area contributed by atoms with Crippen LogP contribution in [0.15, 0.2) is 24.3 Å². The Balaban J connectivity index is 1.76. The highest BCUT2D eigenvalue weighted by Crippen LogP contribution is 2.45. The van der Waals surface area contributed by atoms with E-state index in [0.717, 1.165) is 57.8 Å². The number of hydrogen-bond donors (Lipinski definition) is 4. The summed E-state index contributed by atoms with van der Waals surface area (Å²) in [4.78, 5) is 61.9. The molecule has 0 aromatic carbocycles. The number of esters is 2. The average molecular weight is 848 g/mol. The number of aliphatic carboxylic acids is 1. The number of carbonyl (C=O) groups is 3. The maximum Gasteiger partial charge on any atom is 0.472 e. The fourth-order valence-electron chi connectivity index (χ4n) is 7.15. The number of unbranched alkanes of at least 4 members (excludes halogenated alkanes) is 15. The van der Waals surface area contributed by atoms with Crippen LogP contribution < -0.4 is 5.73 Å². The van der Waals surface area contributed by atoms with Gasteiger partial charge in [-0.25, -0.2) is 19.2 Å². The van der Waals surface area contributed by atoms with Crippen molar-refractivity contribution in [3.8, 4) is 0 Å². The van der Waals surface area contributed by atoms with E-state index < -0.39 is 57.7 Å². The summed E-state index contributed by atoms with van der Waals surface area (Å²) in [6, 6.07) is -1.55. The zero-order chi connectivity index (χ0) is 42.4. The number of fused-ring (bicyclic) bond motifs is 2. The van der Waals surface area contributed by atoms with Crippen LogP contribution in [0, 0.1) is 11.8 Å². The first-order valence-electron chi connectivity index (χ1n) is 21.9. The number of nitrogens with two attached hydrogens (primary N) is 1. The number of phosphoric acid groups is 1. The van der Waals surface area contributed by atoms with Gasteiger partial charge in [0.05, 0.1) is 19.3 Å². The van der Waals surface area contributed by atoms with E-state index in [1.54, 1.807) is 0 Å². The van der Waals surface area contributed by atoms with E-state index in [2.05, 4.69) is 35.4 Å². The van der Waals surface area contributed by atoms with Crippen molar-refractivity contribution in [2.75, 3.05) is 19.8 Å². The lowest BCUT2D eigenvalue weighted by atomic mass is 9.89. The Hall–Kier alpha value is -2.20. The van der Waals surface area contributed by atoms with E-state index in [9.17, 15) is 29.1 Å². The van der Waals surface area contributed by atoms with Crippen LogP contribution in [0.3, 0.4) is 0 Å². The second-order valence-electron chi connectivity index (χ2n) is 15.7. The lowest BCUT2D eigenvalue weighted by Gasteiger charge is -2.27. The fourth-order valence-corrected chi connectivity index (χ4v) is 7.93. The van der Waals surface area contributed by atoms with Crippen molar-refractivity contribution < 1.29 is 67.4 Å². The molecule has 16 heteroatoms. The number of allylic oxidation sites excluding steroid dienone is 2. The number of carboxylic acid groups (broad SMARTS) is 1. The van der Waals surface area contributed by atoms with Gasteiger partial charge in [-0.05, 0) is 32.1 Å². The first-order valence-corrected chi connectivity index (χ1v) is 23.4. The van der Waals surface area contributed by atoms with Gasteiger partial charge < -0.3 is 25.2 Å². The minimum Gasteiger partial charge on any atom is -0.480 e. The van der Waals surface area contributed by atoms with Crippen molar-refractivity contribution in [1.82, 2.24) is 0 Å². The molecule has 1 aliphatic carbocycles. The fraction of sp³-hybridized carbons (Fsp3) is 0.833. The van der Waals surface area contributed by atoms with Crippen LogP contribution in [0.4, 0.5) is 0 Å². The molecular formula is C42H74NO14P. The van der Waals surface area contributed by atoms with E-state index >= 15 is 0 Å². The molecule has 0 radical (unpaired) electrons. The first kappa shape index (κ1) is 51.9. The van der Waals surface area contributed by atoms with Gasteiger partial charge in [-0.3, -0.25) is 28.7 Å². The standard InChI is InChI=1S/C42H74NO14P/c1-3-5-7-8-9-10-11-12-13-14-15-16-21-25-40(44)51-30-34(31-52-58(49,50)53-32-37(43)42(46)47)54-41(45)26-22-18-17-20-24-35-36(39-29-38(35)56-57-39)28-27-33(55-48)23-19-6-4-2/h17,20,27-28,33-39,48H,3-16,18-19,21-26,29-32,43H2,1-2H3,(H,46,47)(H,49,50)/b20-17-,28-27+. The van der Waals surface area contributed by atoms with E-state index in [0.29, 0.717) is 19.3 Å². The third-order valence-electron chi connectivity index (χ3n) is 10.6. The number of rotatable bonds is 37. The second kappa shape index (κ2) is 31.6. The molecule has 2 rings (SSSR count). The molecule has 2 bridgehead atoms. The van der Waals surface area contributed by atoms with Crippen LogP contribution in [0.5, 0.6) is 0 Å².